The predicted octanol–water partition coefficient (Wildman–Crippen LogP) is 2.84. The van der Waals surface area contributed by atoms with Crippen molar-refractivity contribution in [3.8, 4) is 11.6 Å². The number of hydrogen-bond donors (Lipinski definition) is 0. The van der Waals surface area contributed by atoms with Crippen molar-refractivity contribution >= 4 is 27.1 Å². The van der Waals surface area contributed by atoms with Crippen LogP contribution in [-0.2, 0) is 9.84 Å². The number of nitro groups is 1. The Balaban J connectivity index is 2.37. The van der Waals surface area contributed by atoms with Crippen molar-refractivity contribution in [3.05, 3.63) is 51.7 Å². The second-order valence-electron chi connectivity index (χ2n) is 4.09. The highest BCUT2D eigenvalue weighted by Gasteiger charge is 2.13. The lowest BCUT2D eigenvalue weighted by atomic mass is 10.3. The van der Waals surface area contributed by atoms with Crippen molar-refractivity contribution in [2.24, 2.45) is 0 Å². The molecule has 1 aromatic carbocycles. The molecular formula is C12H9ClN2O5S. The van der Waals surface area contributed by atoms with Crippen LogP contribution in [0.5, 0.6) is 11.6 Å². The minimum absolute atomic E-state index is 0.0662. The van der Waals surface area contributed by atoms with Gasteiger partial charge in [0, 0.05) is 6.26 Å². The fourth-order valence-electron chi connectivity index (χ4n) is 1.51. The molecule has 0 radical (unpaired) electrons. The summed E-state index contributed by atoms with van der Waals surface area (Å²) in [5, 5.41) is 10.6. The molecule has 2 aromatic rings. The van der Waals surface area contributed by atoms with E-state index in [9.17, 15) is 18.5 Å². The van der Waals surface area contributed by atoms with Crippen LogP contribution in [0.1, 0.15) is 0 Å². The highest BCUT2D eigenvalue weighted by atomic mass is 35.5. The molecule has 7 nitrogen and oxygen atoms in total. The van der Waals surface area contributed by atoms with Crippen LogP contribution in [-0.4, -0.2) is 24.6 Å². The Hall–Kier alpha value is -2.19. The van der Waals surface area contributed by atoms with Crippen LogP contribution in [0, 0.1) is 10.1 Å². The molecule has 110 valence electrons. The summed E-state index contributed by atoms with van der Waals surface area (Å²) in [4.78, 5) is 14.0. The number of pyridine rings is 1. The Bertz CT molecular complexity index is 807. The third-order valence-corrected chi connectivity index (χ3v) is 3.73. The molecule has 0 saturated carbocycles. The summed E-state index contributed by atoms with van der Waals surface area (Å²) in [6.07, 6.45) is 1.06. The van der Waals surface area contributed by atoms with E-state index in [4.69, 9.17) is 16.3 Å². The molecule has 21 heavy (non-hydrogen) atoms. The van der Waals surface area contributed by atoms with Crippen molar-refractivity contribution in [2.75, 3.05) is 6.26 Å². The van der Waals surface area contributed by atoms with E-state index < -0.39 is 14.8 Å². The highest BCUT2D eigenvalue weighted by molar-refractivity contribution is 7.90. The number of rotatable bonds is 4. The van der Waals surface area contributed by atoms with Crippen molar-refractivity contribution in [2.45, 2.75) is 4.90 Å². The lowest BCUT2D eigenvalue weighted by Crippen LogP contribution is -1.98. The first kappa shape index (κ1) is 15.2. The van der Waals surface area contributed by atoms with Gasteiger partial charge in [-0.3, -0.25) is 10.1 Å². The molecule has 1 heterocycles. The minimum atomic E-state index is -3.38. The van der Waals surface area contributed by atoms with E-state index in [1.54, 1.807) is 0 Å². The molecule has 2 rings (SSSR count). The van der Waals surface area contributed by atoms with Gasteiger partial charge in [-0.1, -0.05) is 17.7 Å². The van der Waals surface area contributed by atoms with Crippen molar-refractivity contribution in [3.63, 3.8) is 0 Å². The van der Waals surface area contributed by atoms with Crippen molar-refractivity contribution in [1.82, 2.24) is 4.98 Å². The number of halogens is 1. The van der Waals surface area contributed by atoms with Gasteiger partial charge in [-0.15, -0.1) is 0 Å². The van der Waals surface area contributed by atoms with Crippen LogP contribution in [0.25, 0.3) is 0 Å². The predicted molar refractivity (Wildman–Crippen MR) is 75.5 cm³/mol. The van der Waals surface area contributed by atoms with E-state index in [1.807, 2.05) is 0 Å². The number of aromatic nitrogens is 1. The quantitative estimate of drug-likeness (QED) is 0.486. The molecule has 0 N–H and O–H groups in total. The number of hydrogen-bond acceptors (Lipinski definition) is 6. The number of benzene rings is 1. The second-order valence-corrected chi connectivity index (χ2v) is 6.50. The van der Waals surface area contributed by atoms with Crippen molar-refractivity contribution in [1.29, 1.82) is 0 Å². The number of ether oxygens (including phenoxy) is 1. The molecular weight excluding hydrogens is 320 g/mol. The van der Waals surface area contributed by atoms with Gasteiger partial charge in [0.1, 0.15) is 10.9 Å². The fourth-order valence-corrected chi connectivity index (χ4v) is 2.36. The molecule has 0 aliphatic rings. The normalized spacial score (nSPS) is 11.1. The molecule has 0 amide bonds. The zero-order chi connectivity index (χ0) is 15.6. The molecule has 0 unspecified atom stereocenters. The maximum Gasteiger partial charge on any atom is 0.277 e. The van der Waals surface area contributed by atoms with Gasteiger partial charge in [0.25, 0.3) is 5.69 Å². The van der Waals surface area contributed by atoms with E-state index in [0.717, 1.165) is 18.4 Å². The lowest BCUT2D eigenvalue weighted by Gasteiger charge is -2.06. The van der Waals surface area contributed by atoms with E-state index >= 15 is 0 Å². The maximum absolute atomic E-state index is 11.5. The average molecular weight is 329 g/mol. The first-order chi connectivity index (χ1) is 9.75. The molecule has 0 saturated heterocycles. The first-order valence-electron chi connectivity index (χ1n) is 5.55. The van der Waals surface area contributed by atoms with E-state index in [2.05, 4.69) is 4.98 Å². The van der Waals surface area contributed by atoms with Crippen molar-refractivity contribution < 1.29 is 18.1 Å². The number of sulfone groups is 1. The summed E-state index contributed by atoms with van der Waals surface area (Å²) in [6.45, 7) is 0. The van der Waals surface area contributed by atoms with E-state index in [-0.39, 0.29) is 27.4 Å². The molecule has 0 aliphatic carbocycles. The van der Waals surface area contributed by atoms with Crippen LogP contribution in [0.15, 0.2) is 41.3 Å². The van der Waals surface area contributed by atoms with Gasteiger partial charge in [-0.25, -0.2) is 13.4 Å². The van der Waals surface area contributed by atoms with Crippen LogP contribution in [0.4, 0.5) is 5.69 Å². The Morgan fingerprint density at radius 3 is 2.62 bits per heavy atom. The molecule has 0 aliphatic heterocycles. The van der Waals surface area contributed by atoms with Gasteiger partial charge in [0.05, 0.1) is 22.0 Å². The van der Waals surface area contributed by atoms with Gasteiger partial charge >= 0.3 is 0 Å². The molecule has 0 fully saturated rings. The summed E-state index contributed by atoms with van der Waals surface area (Å²) < 4.78 is 28.2. The Kier molecular flexibility index (Phi) is 4.10. The summed E-state index contributed by atoms with van der Waals surface area (Å²) in [5.74, 6) is 0.0850. The van der Waals surface area contributed by atoms with E-state index in [0.29, 0.717) is 0 Å². The zero-order valence-electron chi connectivity index (χ0n) is 10.7. The standard InChI is InChI=1S/C12H9ClN2O5S/c1-21(18,19)10-4-2-3-9(7-10)20-12-6-8(15(16)17)5-11(13)14-12/h2-7H,1H3. The zero-order valence-corrected chi connectivity index (χ0v) is 12.3. The minimum Gasteiger partial charge on any atom is -0.439 e. The Labute approximate surface area is 125 Å². The Morgan fingerprint density at radius 2 is 2.00 bits per heavy atom. The average Bonchev–Trinajstić information content (AvgIpc) is 2.37. The number of nitrogens with zero attached hydrogens (tertiary/aromatic N) is 2. The second kappa shape index (κ2) is 5.66. The summed E-state index contributed by atoms with van der Waals surface area (Å²) >= 11 is 5.67. The van der Waals surface area contributed by atoms with Crippen LogP contribution in [0.2, 0.25) is 5.15 Å². The van der Waals surface area contributed by atoms with Gasteiger partial charge in [-0.05, 0) is 18.2 Å². The smallest absolute Gasteiger partial charge is 0.277 e. The molecule has 0 spiro atoms. The molecule has 0 atom stereocenters. The van der Waals surface area contributed by atoms with Gasteiger partial charge in [-0.2, -0.15) is 0 Å². The van der Waals surface area contributed by atoms with Crippen LogP contribution in [0.3, 0.4) is 0 Å². The first-order valence-corrected chi connectivity index (χ1v) is 7.82. The largest absolute Gasteiger partial charge is 0.439 e. The van der Waals surface area contributed by atoms with Crippen LogP contribution < -0.4 is 4.74 Å². The summed E-state index contributed by atoms with van der Waals surface area (Å²) in [7, 11) is -3.38. The summed E-state index contributed by atoms with van der Waals surface area (Å²) in [5.41, 5.74) is -0.274. The SMILES string of the molecule is CS(=O)(=O)c1cccc(Oc2cc([N+](=O)[O-])cc(Cl)n2)c1. The lowest BCUT2D eigenvalue weighted by molar-refractivity contribution is -0.385. The highest BCUT2D eigenvalue weighted by Crippen LogP contribution is 2.27. The third kappa shape index (κ3) is 3.89. The van der Waals surface area contributed by atoms with Gasteiger partial charge < -0.3 is 4.74 Å². The molecule has 1 aromatic heterocycles. The van der Waals surface area contributed by atoms with Gasteiger partial charge in [0.2, 0.25) is 5.88 Å². The molecule has 9 heteroatoms. The van der Waals surface area contributed by atoms with Crippen LogP contribution >= 0.6 is 11.6 Å². The maximum atomic E-state index is 11.5. The molecule has 0 bridgehead atoms. The monoisotopic (exact) mass is 328 g/mol. The summed E-state index contributed by atoms with van der Waals surface area (Å²) in [6, 6.07) is 7.88. The topological polar surface area (TPSA) is 99.4 Å². The van der Waals surface area contributed by atoms with Gasteiger partial charge in [0.15, 0.2) is 9.84 Å². The Morgan fingerprint density at radius 1 is 1.29 bits per heavy atom. The fraction of sp³-hybridized carbons (Fsp3) is 0.0833. The third-order valence-electron chi connectivity index (χ3n) is 2.42. The van der Waals surface area contributed by atoms with E-state index in [1.165, 1.54) is 24.3 Å².